The molecule has 0 fully saturated rings. The van der Waals surface area contributed by atoms with Crippen molar-refractivity contribution in [2.75, 3.05) is 5.73 Å². The molecule has 1 amide bonds. The highest BCUT2D eigenvalue weighted by Crippen LogP contribution is 2.27. The second-order valence-electron chi connectivity index (χ2n) is 5.02. The van der Waals surface area contributed by atoms with Crippen LogP contribution in [0.25, 0.3) is 0 Å². The Bertz CT molecular complexity index is 658. The summed E-state index contributed by atoms with van der Waals surface area (Å²) in [6.07, 6.45) is 0. The van der Waals surface area contributed by atoms with Crippen molar-refractivity contribution in [2.24, 2.45) is 0 Å². The van der Waals surface area contributed by atoms with Crippen LogP contribution < -0.4 is 5.73 Å². The van der Waals surface area contributed by atoms with E-state index in [2.05, 4.69) is 0 Å². The summed E-state index contributed by atoms with van der Waals surface area (Å²) in [6, 6.07) is 7.61. The van der Waals surface area contributed by atoms with E-state index in [4.69, 9.17) is 10.2 Å². The number of rotatable bonds is 1. The van der Waals surface area contributed by atoms with Gasteiger partial charge in [0.25, 0.3) is 5.91 Å². The first kappa shape index (κ1) is 11.8. The zero-order valence-corrected chi connectivity index (χ0v) is 11.1. The molecule has 98 valence electrons. The molecule has 0 bridgehead atoms. The molecule has 2 N–H and O–H groups in total. The molecule has 0 radical (unpaired) electrons. The first-order valence-electron chi connectivity index (χ1n) is 6.28. The first-order chi connectivity index (χ1) is 9.04. The standard InChI is InChI=1S/C15H16N2O2/c1-9-5-14(10(2)19-9)15(18)17-7-11-3-4-13(16)6-12(11)8-17/h3-6H,7-8,16H2,1-2H3. The summed E-state index contributed by atoms with van der Waals surface area (Å²) in [4.78, 5) is 14.3. The molecule has 3 rings (SSSR count). The smallest absolute Gasteiger partial charge is 0.258 e. The Balaban J connectivity index is 1.87. The van der Waals surface area contributed by atoms with Gasteiger partial charge in [-0.15, -0.1) is 0 Å². The number of carbonyl (C=O) groups is 1. The van der Waals surface area contributed by atoms with Crippen LogP contribution in [0.1, 0.15) is 33.0 Å². The van der Waals surface area contributed by atoms with Crippen molar-refractivity contribution in [1.82, 2.24) is 4.90 Å². The predicted molar refractivity (Wildman–Crippen MR) is 72.6 cm³/mol. The fraction of sp³-hybridized carbons (Fsp3) is 0.267. The van der Waals surface area contributed by atoms with Crippen molar-refractivity contribution >= 4 is 11.6 Å². The van der Waals surface area contributed by atoms with E-state index in [0.717, 1.165) is 17.0 Å². The van der Waals surface area contributed by atoms with E-state index in [1.165, 1.54) is 5.56 Å². The van der Waals surface area contributed by atoms with Crippen LogP contribution in [0.5, 0.6) is 0 Å². The van der Waals surface area contributed by atoms with Gasteiger partial charge in [0, 0.05) is 18.8 Å². The quantitative estimate of drug-likeness (QED) is 0.798. The van der Waals surface area contributed by atoms with Gasteiger partial charge in [-0.1, -0.05) is 6.07 Å². The fourth-order valence-corrected chi connectivity index (χ4v) is 2.57. The predicted octanol–water partition coefficient (Wildman–Crippen LogP) is 2.63. The van der Waals surface area contributed by atoms with E-state index >= 15 is 0 Å². The Morgan fingerprint density at radius 1 is 1.21 bits per heavy atom. The number of benzene rings is 1. The van der Waals surface area contributed by atoms with Crippen molar-refractivity contribution in [1.29, 1.82) is 0 Å². The minimum absolute atomic E-state index is 0.0177. The lowest BCUT2D eigenvalue weighted by molar-refractivity contribution is 0.0749. The Morgan fingerprint density at radius 3 is 2.63 bits per heavy atom. The molecule has 2 aromatic rings. The second-order valence-corrected chi connectivity index (χ2v) is 5.02. The lowest BCUT2D eigenvalue weighted by atomic mass is 10.1. The van der Waals surface area contributed by atoms with Crippen molar-refractivity contribution < 1.29 is 9.21 Å². The first-order valence-corrected chi connectivity index (χ1v) is 6.28. The summed E-state index contributed by atoms with van der Waals surface area (Å²) in [6.45, 7) is 4.92. The van der Waals surface area contributed by atoms with E-state index in [1.807, 2.05) is 36.9 Å². The lowest BCUT2D eigenvalue weighted by Crippen LogP contribution is -2.25. The average Bonchev–Trinajstić information content (AvgIpc) is 2.91. The largest absolute Gasteiger partial charge is 0.466 e. The van der Waals surface area contributed by atoms with Gasteiger partial charge in [-0.25, -0.2) is 0 Å². The summed E-state index contributed by atoms with van der Waals surface area (Å²) < 4.78 is 5.42. The van der Waals surface area contributed by atoms with Gasteiger partial charge in [0.15, 0.2) is 0 Å². The molecule has 1 aromatic heterocycles. The highest BCUT2D eigenvalue weighted by Gasteiger charge is 2.26. The fourth-order valence-electron chi connectivity index (χ4n) is 2.57. The molecule has 4 heteroatoms. The molecule has 1 aliphatic rings. The summed E-state index contributed by atoms with van der Waals surface area (Å²) in [5, 5.41) is 0. The monoisotopic (exact) mass is 256 g/mol. The molecule has 0 saturated heterocycles. The minimum Gasteiger partial charge on any atom is -0.466 e. The number of amides is 1. The van der Waals surface area contributed by atoms with Crippen LogP contribution in [-0.4, -0.2) is 10.8 Å². The lowest BCUT2D eigenvalue weighted by Gasteiger charge is -2.14. The maximum absolute atomic E-state index is 12.5. The van der Waals surface area contributed by atoms with E-state index in [0.29, 0.717) is 24.4 Å². The van der Waals surface area contributed by atoms with Crippen LogP contribution in [0, 0.1) is 13.8 Å². The van der Waals surface area contributed by atoms with Gasteiger partial charge >= 0.3 is 0 Å². The third-order valence-electron chi connectivity index (χ3n) is 3.51. The average molecular weight is 256 g/mol. The van der Waals surface area contributed by atoms with Crippen LogP contribution in [0.2, 0.25) is 0 Å². The number of nitrogen functional groups attached to an aromatic ring is 1. The third kappa shape index (κ3) is 1.99. The van der Waals surface area contributed by atoms with Gasteiger partial charge in [0.05, 0.1) is 5.56 Å². The van der Waals surface area contributed by atoms with Crippen LogP contribution in [-0.2, 0) is 13.1 Å². The highest BCUT2D eigenvalue weighted by atomic mass is 16.3. The molecule has 0 aliphatic carbocycles. The van der Waals surface area contributed by atoms with E-state index in [-0.39, 0.29) is 5.91 Å². The molecule has 4 nitrogen and oxygen atoms in total. The Morgan fingerprint density at radius 2 is 1.95 bits per heavy atom. The van der Waals surface area contributed by atoms with Crippen molar-refractivity contribution in [2.45, 2.75) is 26.9 Å². The van der Waals surface area contributed by atoms with Crippen molar-refractivity contribution in [3.63, 3.8) is 0 Å². The summed E-state index contributed by atoms with van der Waals surface area (Å²) in [5.74, 6) is 1.46. The molecular formula is C15H16N2O2. The molecule has 0 spiro atoms. The Kier molecular flexibility index (Phi) is 2.59. The highest BCUT2D eigenvalue weighted by molar-refractivity contribution is 5.95. The van der Waals surface area contributed by atoms with Gasteiger partial charge in [-0.05, 0) is 43.2 Å². The zero-order valence-electron chi connectivity index (χ0n) is 11.1. The summed E-state index contributed by atoms with van der Waals surface area (Å²) in [5.41, 5.74) is 9.46. The number of hydrogen-bond acceptors (Lipinski definition) is 3. The maximum atomic E-state index is 12.5. The molecule has 0 saturated carbocycles. The molecule has 0 atom stereocenters. The van der Waals surface area contributed by atoms with Crippen molar-refractivity contribution in [3.05, 3.63) is 52.5 Å². The summed E-state index contributed by atoms with van der Waals surface area (Å²) >= 11 is 0. The van der Waals surface area contributed by atoms with E-state index in [1.54, 1.807) is 6.07 Å². The molecule has 19 heavy (non-hydrogen) atoms. The number of carbonyl (C=O) groups excluding carboxylic acids is 1. The van der Waals surface area contributed by atoms with Crippen LogP contribution in [0.4, 0.5) is 5.69 Å². The zero-order chi connectivity index (χ0) is 13.6. The van der Waals surface area contributed by atoms with E-state index < -0.39 is 0 Å². The number of furan rings is 1. The van der Waals surface area contributed by atoms with Crippen molar-refractivity contribution in [3.8, 4) is 0 Å². The topological polar surface area (TPSA) is 59.5 Å². The third-order valence-corrected chi connectivity index (χ3v) is 3.51. The number of nitrogens with two attached hydrogens (primary N) is 1. The number of aryl methyl sites for hydroxylation is 2. The number of nitrogens with zero attached hydrogens (tertiary/aromatic N) is 1. The van der Waals surface area contributed by atoms with Crippen LogP contribution >= 0.6 is 0 Å². The molecule has 0 unspecified atom stereocenters. The SMILES string of the molecule is Cc1cc(C(=O)N2Cc3ccc(N)cc3C2)c(C)o1. The summed E-state index contributed by atoms with van der Waals surface area (Å²) in [7, 11) is 0. The maximum Gasteiger partial charge on any atom is 0.258 e. The molecule has 1 aliphatic heterocycles. The van der Waals surface area contributed by atoms with Gasteiger partial charge in [-0.3, -0.25) is 4.79 Å². The Hall–Kier alpha value is -2.23. The minimum atomic E-state index is 0.0177. The number of hydrogen-bond donors (Lipinski definition) is 1. The van der Waals surface area contributed by atoms with Gasteiger partial charge in [-0.2, -0.15) is 0 Å². The number of fused-ring (bicyclic) bond motifs is 1. The van der Waals surface area contributed by atoms with E-state index in [9.17, 15) is 4.79 Å². The second kappa shape index (κ2) is 4.16. The molecule has 2 heterocycles. The van der Waals surface area contributed by atoms with Gasteiger partial charge in [0.1, 0.15) is 11.5 Å². The molecular weight excluding hydrogens is 240 g/mol. The van der Waals surface area contributed by atoms with Crippen LogP contribution in [0.15, 0.2) is 28.7 Å². The van der Waals surface area contributed by atoms with Gasteiger partial charge in [0.2, 0.25) is 0 Å². The Labute approximate surface area is 111 Å². The molecule has 1 aromatic carbocycles. The number of anilines is 1. The normalized spacial score (nSPS) is 13.7. The van der Waals surface area contributed by atoms with Gasteiger partial charge < -0.3 is 15.1 Å². The van der Waals surface area contributed by atoms with Crippen LogP contribution in [0.3, 0.4) is 0 Å².